The number of amides is 1. The number of hydrogen-bond donors (Lipinski definition) is 1. The molecule has 2 fully saturated rings. The summed E-state index contributed by atoms with van der Waals surface area (Å²) in [4.78, 5) is 19.1. The zero-order valence-electron chi connectivity index (χ0n) is 16.9. The van der Waals surface area contributed by atoms with Crippen LogP contribution in [-0.4, -0.2) is 49.1 Å². The fourth-order valence-corrected chi connectivity index (χ4v) is 3.68. The van der Waals surface area contributed by atoms with Gasteiger partial charge in [-0.1, -0.05) is 0 Å². The van der Waals surface area contributed by atoms with Crippen molar-refractivity contribution in [2.75, 3.05) is 36.5 Å². The lowest BCUT2D eigenvalue weighted by atomic mass is 10.0. The summed E-state index contributed by atoms with van der Waals surface area (Å²) >= 11 is 0. The number of rotatable bonds is 5. The maximum absolute atomic E-state index is 12.5. The van der Waals surface area contributed by atoms with E-state index in [1.54, 1.807) is 12.3 Å². The molecule has 0 unspecified atom stereocenters. The van der Waals surface area contributed by atoms with E-state index in [1.807, 2.05) is 44.2 Å². The molecule has 2 aliphatic heterocycles. The average Bonchev–Trinajstić information content (AvgIpc) is 3.18. The van der Waals surface area contributed by atoms with Crippen molar-refractivity contribution in [1.82, 2.24) is 4.98 Å². The fraction of sp³-hybridized carbons (Fsp3) is 0.455. The summed E-state index contributed by atoms with van der Waals surface area (Å²) in [6, 6.07) is 11.0. The first-order chi connectivity index (χ1) is 14.0. The average molecular weight is 397 g/mol. The van der Waals surface area contributed by atoms with Crippen LogP contribution in [0.4, 0.5) is 11.4 Å². The number of nitrogens with one attached hydrogen (secondary N) is 1. The number of aromatic nitrogens is 1. The molecule has 4 rings (SSSR count). The molecule has 1 N–H and O–H groups in total. The monoisotopic (exact) mass is 397 g/mol. The van der Waals surface area contributed by atoms with E-state index in [0.29, 0.717) is 24.6 Å². The van der Waals surface area contributed by atoms with E-state index < -0.39 is 0 Å². The second kappa shape index (κ2) is 8.39. The second-order valence-electron chi connectivity index (χ2n) is 7.64. The van der Waals surface area contributed by atoms with Crippen LogP contribution in [0, 0.1) is 0 Å². The first-order valence-corrected chi connectivity index (χ1v) is 10.1. The minimum atomic E-state index is -0.389. The lowest BCUT2D eigenvalue weighted by Gasteiger charge is -2.38. The highest BCUT2D eigenvalue weighted by atomic mass is 16.7. The van der Waals surface area contributed by atoms with Crippen LogP contribution in [0.25, 0.3) is 0 Å². The van der Waals surface area contributed by atoms with E-state index in [2.05, 4.69) is 15.2 Å². The van der Waals surface area contributed by atoms with Crippen molar-refractivity contribution in [2.24, 2.45) is 0 Å². The van der Waals surface area contributed by atoms with Crippen LogP contribution in [0.15, 0.2) is 42.6 Å². The molecule has 2 saturated heterocycles. The Morgan fingerprint density at radius 3 is 2.38 bits per heavy atom. The molecule has 7 heteroatoms. The maximum Gasteiger partial charge on any atom is 0.274 e. The molecular formula is C22H27N3O4. The third-order valence-electron chi connectivity index (χ3n) is 5.17. The van der Waals surface area contributed by atoms with Crippen molar-refractivity contribution in [3.63, 3.8) is 0 Å². The van der Waals surface area contributed by atoms with E-state index >= 15 is 0 Å². The summed E-state index contributed by atoms with van der Waals surface area (Å²) in [5, 5.41) is 2.87. The maximum atomic E-state index is 12.5. The van der Waals surface area contributed by atoms with E-state index in [-0.39, 0.29) is 17.8 Å². The molecule has 1 amide bonds. The summed E-state index contributed by atoms with van der Waals surface area (Å²) in [6.07, 6.45) is 3.54. The molecule has 3 heterocycles. The SMILES string of the molecule is CC(C)Oc1ccc(NC(=O)c2ccc(N3CCC4(CC3)OCCO4)cn2)cc1. The second-order valence-corrected chi connectivity index (χ2v) is 7.64. The smallest absolute Gasteiger partial charge is 0.274 e. The van der Waals surface area contributed by atoms with Gasteiger partial charge in [0.2, 0.25) is 0 Å². The number of ether oxygens (including phenoxy) is 3. The number of piperidine rings is 1. The Kier molecular flexibility index (Phi) is 5.69. The molecule has 0 aliphatic carbocycles. The molecule has 29 heavy (non-hydrogen) atoms. The minimum Gasteiger partial charge on any atom is -0.491 e. The zero-order chi connectivity index (χ0) is 20.3. The molecule has 0 radical (unpaired) electrons. The predicted molar refractivity (Wildman–Crippen MR) is 110 cm³/mol. The fourth-order valence-electron chi connectivity index (χ4n) is 3.68. The van der Waals surface area contributed by atoms with Crippen LogP contribution in [0.1, 0.15) is 37.2 Å². The molecule has 0 atom stereocenters. The number of nitrogens with zero attached hydrogens (tertiary/aromatic N) is 2. The lowest BCUT2D eigenvalue weighted by molar-refractivity contribution is -0.169. The van der Waals surface area contributed by atoms with Gasteiger partial charge in [-0.3, -0.25) is 4.79 Å². The molecule has 1 spiro atoms. The third-order valence-corrected chi connectivity index (χ3v) is 5.17. The molecule has 7 nitrogen and oxygen atoms in total. The Morgan fingerprint density at radius 1 is 1.10 bits per heavy atom. The van der Waals surface area contributed by atoms with Crippen molar-refractivity contribution in [3.05, 3.63) is 48.3 Å². The first kappa shape index (κ1) is 19.7. The van der Waals surface area contributed by atoms with Gasteiger partial charge in [-0.25, -0.2) is 4.98 Å². The normalized spacial score (nSPS) is 18.2. The Hall–Kier alpha value is -2.64. The van der Waals surface area contributed by atoms with Gasteiger partial charge in [-0.2, -0.15) is 0 Å². The molecule has 1 aromatic carbocycles. The summed E-state index contributed by atoms with van der Waals surface area (Å²) in [6.45, 7) is 7.00. The van der Waals surface area contributed by atoms with Gasteiger partial charge in [0.1, 0.15) is 11.4 Å². The van der Waals surface area contributed by atoms with Crippen LogP contribution < -0.4 is 15.0 Å². The van der Waals surface area contributed by atoms with Gasteiger partial charge in [-0.15, -0.1) is 0 Å². The van der Waals surface area contributed by atoms with Gasteiger partial charge in [0.15, 0.2) is 5.79 Å². The van der Waals surface area contributed by atoms with Crippen molar-refractivity contribution in [1.29, 1.82) is 0 Å². The summed E-state index contributed by atoms with van der Waals surface area (Å²) in [5.74, 6) is 0.149. The Morgan fingerprint density at radius 2 is 1.79 bits per heavy atom. The molecule has 0 bridgehead atoms. The number of anilines is 2. The van der Waals surface area contributed by atoms with Crippen LogP contribution in [0.5, 0.6) is 5.75 Å². The Balaban J connectivity index is 1.33. The van der Waals surface area contributed by atoms with Crippen LogP contribution in [0.3, 0.4) is 0 Å². The van der Waals surface area contributed by atoms with Crippen LogP contribution in [-0.2, 0) is 9.47 Å². The Bertz CT molecular complexity index is 820. The lowest BCUT2D eigenvalue weighted by Crippen LogP contribution is -2.45. The predicted octanol–water partition coefficient (Wildman–Crippen LogP) is 3.46. The van der Waals surface area contributed by atoms with Gasteiger partial charge in [0.25, 0.3) is 5.91 Å². The van der Waals surface area contributed by atoms with E-state index in [9.17, 15) is 4.79 Å². The summed E-state index contributed by atoms with van der Waals surface area (Å²) in [7, 11) is 0. The summed E-state index contributed by atoms with van der Waals surface area (Å²) < 4.78 is 17.2. The quantitative estimate of drug-likeness (QED) is 0.833. The summed E-state index contributed by atoms with van der Waals surface area (Å²) in [5.41, 5.74) is 2.09. The van der Waals surface area contributed by atoms with E-state index in [0.717, 1.165) is 37.4 Å². The van der Waals surface area contributed by atoms with Gasteiger partial charge < -0.3 is 24.4 Å². The van der Waals surface area contributed by atoms with Gasteiger partial charge in [-0.05, 0) is 50.2 Å². The largest absolute Gasteiger partial charge is 0.491 e. The highest BCUT2D eigenvalue weighted by molar-refractivity contribution is 6.02. The van der Waals surface area contributed by atoms with Crippen LogP contribution >= 0.6 is 0 Å². The highest BCUT2D eigenvalue weighted by Crippen LogP contribution is 2.33. The molecule has 1 aromatic heterocycles. The van der Waals surface area contributed by atoms with Gasteiger partial charge >= 0.3 is 0 Å². The first-order valence-electron chi connectivity index (χ1n) is 10.1. The van der Waals surface area contributed by atoms with Gasteiger partial charge in [0.05, 0.1) is 31.2 Å². The van der Waals surface area contributed by atoms with Crippen molar-refractivity contribution in [3.8, 4) is 5.75 Å². The van der Waals surface area contributed by atoms with Crippen molar-refractivity contribution >= 4 is 17.3 Å². The molecule has 0 saturated carbocycles. The van der Waals surface area contributed by atoms with Gasteiger partial charge in [0, 0.05) is 31.6 Å². The molecule has 154 valence electrons. The Labute approximate surface area is 171 Å². The van der Waals surface area contributed by atoms with Crippen molar-refractivity contribution in [2.45, 2.75) is 38.6 Å². The number of benzene rings is 1. The topological polar surface area (TPSA) is 72.9 Å². The number of hydrogen-bond acceptors (Lipinski definition) is 6. The van der Waals surface area contributed by atoms with Crippen LogP contribution in [0.2, 0.25) is 0 Å². The molecular weight excluding hydrogens is 370 g/mol. The number of carbonyl (C=O) groups excluding carboxylic acids is 1. The third kappa shape index (κ3) is 4.68. The van der Waals surface area contributed by atoms with E-state index in [1.165, 1.54) is 0 Å². The van der Waals surface area contributed by atoms with E-state index in [4.69, 9.17) is 14.2 Å². The standard InChI is InChI=1S/C22H27N3O4/c1-16(2)29-19-6-3-17(4-7-19)24-21(26)20-8-5-18(15-23-20)25-11-9-22(10-12-25)27-13-14-28-22/h3-8,15-16H,9-14H2,1-2H3,(H,24,26). The minimum absolute atomic E-state index is 0.113. The number of carbonyl (C=O) groups is 1. The molecule has 2 aliphatic rings. The zero-order valence-corrected chi connectivity index (χ0v) is 16.9. The number of pyridine rings is 1. The molecule has 2 aromatic rings. The highest BCUT2D eigenvalue weighted by Gasteiger charge is 2.39. The van der Waals surface area contributed by atoms with Crippen molar-refractivity contribution < 1.29 is 19.0 Å².